The molecule has 0 saturated heterocycles. The summed E-state index contributed by atoms with van der Waals surface area (Å²) in [5, 5.41) is 8.38. The molecule has 0 aromatic heterocycles. The molecule has 0 radical (unpaired) electrons. The van der Waals surface area contributed by atoms with Gasteiger partial charge in [0, 0.05) is 11.3 Å². The zero-order chi connectivity index (χ0) is 10.2. The molecule has 0 saturated carbocycles. The van der Waals surface area contributed by atoms with Crippen LogP contribution in [0.4, 0.5) is 0 Å². The van der Waals surface area contributed by atoms with Gasteiger partial charge in [-0.25, -0.2) is 0 Å². The maximum Gasteiger partial charge on any atom is 0.0621 e. The Balaban J connectivity index is 2.33. The minimum Gasteiger partial charge on any atom is -0.198 e. The van der Waals surface area contributed by atoms with Crippen LogP contribution in [-0.2, 0) is 6.42 Å². The highest BCUT2D eigenvalue weighted by Gasteiger charge is 1.94. The SMILES string of the molecule is CSc1ccc(CCCCC#N)cc1. The molecule has 1 nitrogen and oxygen atoms in total. The van der Waals surface area contributed by atoms with E-state index in [1.165, 1.54) is 10.5 Å². The molecule has 0 bridgehead atoms. The van der Waals surface area contributed by atoms with Gasteiger partial charge in [0.1, 0.15) is 0 Å². The summed E-state index contributed by atoms with van der Waals surface area (Å²) < 4.78 is 0. The molecule has 0 aliphatic rings. The lowest BCUT2D eigenvalue weighted by molar-refractivity contribution is 0.752. The van der Waals surface area contributed by atoms with Crippen LogP contribution in [0.25, 0.3) is 0 Å². The van der Waals surface area contributed by atoms with Crippen molar-refractivity contribution in [3.63, 3.8) is 0 Å². The van der Waals surface area contributed by atoms with E-state index in [0.29, 0.717) is 6.42 Å². The Hall–Kier alpha value is -0.940. The van der Waals surface area contributed by atoms with E-state index in [1.807, 2.05) is 0 Å². The summed E-state index contributed by atoms with van der Waals surface area (Å²) >= 11 is 1.77. The first-order valence-corrected chi connectivity index (χ1v) is 6.09. The van der Waals surface area contributed by atoms with Crippen LogP contribution in [0.3, 0.4) is 0 Å². The molecule has 0 aliphatic carbocycles. The van der Waals surface area contributed by atoms with E-state index in [1.54, 1.807) is 11.8 Å². The molecule has 0 N–H and O–H groups in total. The van der Waals surface area contributed by atoms with Gasteiger partial charge in [-0.1, -0.05) is 12.1 Å². The number of nitrogens with zero attached hydrogens (tertiary/aromatic N) is 1. The molecule has 14 heavy (non-hydrogen) atoms. The lowest BCUT2D eigenvalue weighted by Crippen LogP contribution is -1.85. The number of benzene rings is 1. The molecule has 0 fully saturated rings. The predicted molar refractivity (Wildman–Crippen MR) is 61.4 cm³/mol. The third-order valence-corrected chi connectivity index (χ3v) is 2.91. The second-order valence-electron chi connectivity index (χ2n) is 3.21. The fraction of sp³-hybridized carbons (Fsp3) is 0.417. The van der Waals surface area contributed by atoms with E-state index in [2.05, 4.69) is 36.6 Å². The average Bonchev–Trinajstić information content (AvgIpc) is 2.25. The number of aryl methyl sites for hydroxylation is 1. The topological polar surface area (TPSA) is 23.8 Å². The van der Waals surface area contributed by atoms with Gasteiger partial charge in [0.15, 0.2) is 0 Å². The lowest BCUT2D eigenvalue weighted by atomic mass is 10.1. The van der Waals surface area contributed by atoms with Crippen LogP contribution in [0.1, 0.15) is 24.8 Å². The third kappa shape index (κ3) is 3.85. The van der Waals surface area contributed by atoms with Gasteiger partial charge in [-0.05, 0) is 43.2 Å². The van der Waals surface area contributed by atoms with Crippen LogP contribution in [0.15, 0.2) is 29.2 Å². The van der Waals surface area contributed by atoms with Crippen LogP contribution in [0.2, 0.25) is 0 Å². The molecule has 1 aromatic carbocycles. The van der Waals surface area contributed by atoms with E-state index in [-0.39, 0.29) is 0 Å². The van der Waals surface area contributed by atoms with Crippen LogP contribution < -0.4 is 0 Å². The van der Waals surface area contributed by atoms with E-state index < -0.39 is 0 Å². The van der Waals surface area contributed by atoms with E-state index >= 15 is 0 Å². The Morgan fingerprint density at radius 2 is 1.93 bits per heavy atom. The van der Waals surface area contributed by atoms with Crippen molar-refractivity contribution in [2.45, 2.75) is 30.6 Å². The molecule has 0 unspecified atom stereocenters. The molecule has 0 atom stereocenters. The van der Waals surface area contributed by atoms with Gasteiger partial charge in [-0.3, -0.25) is 0 Å². The highest BCUT2D eigenvalue weighted by Crippen LogP contribution is 2.16. The molecule has 2 heteroatoms. The molecule has 1 aromatic rings. The molecule has 0 amide bonds. The van der Waals surface area contributed by atoms with Crippen molar-refractivity contribution in [2.75, 3.05) is 6.26 Å². The van der Waals surface area contributed by atoms with Crippen LogP contribution in [0.5, 0.6) is 0 Å². The van der Waals surface area contributed by atoms with Gasteiger partial charge in [-0.15, -0.1) is 11.8 Å². The maximum atomic E-state index is 8.38. The number of unbranched alkanes of at least 4 members (excludes halogenated alkanes) is 2. The second-order valence-corrected chi connectivity index (χ2v) is 4.09. The molecule has 0 heterocycles. The Bertz CT molecular complexity index is 297. The molecule has 0 aliphatic heterocycles. The fourth-order valence-corrected chi connectivity index (χ4v) is 1.73. The summed E-state index contributed by atoms with van der Waals surface area (Å²) in [5.41, 5.74) is 1.38. The Morgan fingerprint density at radius 3 is 2.50 bits per heavy atom. The number of hydrogen-bond donors (Lipinski definition) is 0. The quantitative estimate of drug-likeness (QED) is 0.541. The first-order valence-electron chi connectivity index (χ1n) is 4.86. The summed E-state index contributed by atoms with van der Waals surface area (Å²) in [4.78, 5) is 1.31. The van der Waals surface area contributed by atoms with Crippen LogP contribution in [-0.4, -0.2) is 6.26 Å². The lowest BCUT2D eigenvalue weighted by Gasteiger charge is -2.01. The Kier molecular flexibility index (Phi) is 5.17. The van der Waals surface area contributed by atoms with Crippen molar-refractivity contribution in [3.8, 4) is 6.07 Å². The molecule has 1 rings (SSSR count). The number of rotatable bonds is 5. The molecule has 74 valence electrons. The van der Waals surface area contributed by atoms with Crippen LogP contribution in [0, 0.1) is 11.3 Å². The largest absolute Gasteiger partial charge is 0.198 e. The number of nitriles is 1. The predicted octanol–water partition coefficient (Wildman–Crippen LogP) is 3.64. The van der Waals surface area contributed by atoms with E-state index in [9.17, 15) is 0 Å². The summed E-state index contributed by atoms with van der Waals surface area (Å²) in [5.74, 6) is 0. The Morgan fingerprint density at radius 1 is 1.21 bits per heavy atom. The average molecular weight is 205 g/mol. The zero-order valence-electron chi connectivity index (χ0n) is 8.49. The maximum absolute atomic E-state index is 8.38. The highest BCUT2D eigenvalue weighted by molar-refractivity contribution is 7.98. The Labute approximate surface area is 90.1 Å². The highest BCUT2D eigenvalue weighted by atomic mass is 32.2. The zero-order valence-corrected chi connectivity index (χ0v) is 9.31. The minimum atomic E-state index is 0.683. The summed E-state index contributed by atoms with van der Waals surface area (Å²) in [6.45, 7) is 0. The van der Waals surface area contributed by atoms with Gasteiger partial charge in [0.25, 0.3) is 0 Å². The van der Waals surface area contributed by atoms with Gasteiger partial charge >= 0.3 is 0 Å². The summed E-state index contributed by atoms with van der Waals surface area (Å²) in [6, 6.07) is 10.8. The summed E-state index contributed by atoms with van der Waals surface area (Å²) in [7, 11) is 0. The first kappa shape index (κ1) is 11.1. The van der Waals surface area contributed by atoms with E-state index in [4.69, 9.17) is 5.26 Å². The van der Waals surface area contributed by atoms with E-state index in [0.717, 1.165) is 19.3 Å². The van der Waals surface area contributed by atoms with Gasteiger partial charge in [0.2, 0.25) is 0 Å². The number of thioether (sulfide) groups is 1. The van der Waals surface area contributed by atoms with Crippen molar-refractivity contribution in [1.29, 1.82) is 5.26 Å². The monoisotopic (exact) mass is 205 g/mol. The second kappa shape index (κ2) is 6.50. The van der Waals surface area contributed by atoms with Crippen molar-refractivity contribution in [2.24, 2.45) is 0 Å². The van der Waals surface area contributed by atoms with Crippen molar-refractivity contribution >= 4 is 11.8 Å². The summed E-state index contributed by atoms with van der Waals surface area (Å²) in [6.07, 6.45) is 5.99. The normalized spacial score (nSPS) is 9.71. The minimum absolute atomic E-state index is 0.683. The van der Waals surface area contributed by atoms with Gasteiger partial charge in [-0.2, -0.15) is 5.26 Å². The smallest absolute Gasteiger partial charge is 0.0621 e. The molecular formula is C12H15NS. The third-order valence-electron chi connectivity index (χ3n) is 2.16. The first-order chi connectivity index (χ1) is 6.86. The number of hydrogen-bond acceptors (Lipinski definition) is 2. The molecular weight excluding hydrogens is 190 g/mol. The molecule has 0 spiro atoms. The van der Waals surface area contributed by atoms with Crippen molar-refractivity contribution in [1.82, 2.24) is 0 Å². The van der Waals surface area contributed by atoms with Gasteiger partial charge in [0.05, 0.1) is 6.07 Å². The van der Waals surface area contributed by atoms with Crippen molar-refractivity contribution in [3.05, 3.63) is 29.8 Å². The van der Waals surface area contributed by atoms with Crippen LogP contribution >= 0.6 is 11.8 Å². The standard InChI is InChI=1S/C12H15NS/c1-14-12-8-6-11(7-9-12)5-3-2-4-10-13/h6-9H,2-5H2,1H3. The van der Waals surface area contributed by atoms with Crippen molar-refractivity contribution < 1.29 is 0 Å². The van der Waals surface area contributed by atoms with Gasteiger partial charge < -0.3 is 0 Å². The fourth-order valence-electron chi connectivity index (χ4n) is 1.33.